The van der Waals surface area contributed by atoms with E-state index >= 15 is 0 Å². The molecule has 20 heavy (non-hydrogen) atoms. The number of aromatic nitrogens is 3. The van der Waals surface area contributed by atoms with Crippen molar-refractivity contribution in [1.82, 2.24) is 14.8 Å². The minimum absolute atomic E-state index is 0.00957. The second kappa shape index (κ2) is 4.95. The maximum atomic E-state index is 12.8. The highest BCUT2D eigenvalue weighted by molar-refractivity contribution is 6.32. The van der Waals surface area contributed by atoms with Crippen LogP contribution < -0.4 is 0 Å². The van der Waals surface area contributed by atoms with Crippen LogP contribution in [0.1, 0.15) is 15.9 Å². The van der Waals surface area contributed by atoms with E-state index in [2.05, 4.69) is 10.2 Å². The molecule has 10 heteroatoms. The lowest BCUT2D eigenvalue weighted by atomic mass is 10.2. The van der Waals surface area contributed by atoms with Crippen LogP contribution in [-0.4, -0.2) is 25.8 Å². The molecule has 0 saturated heterocycles. The smallest absolute Gasteiger partial charge is 0.418 e. The lowest BCUT2D eigenvalue weighted by Gasteiger charge is -2.05. The molecule has 0 aliphatic rings. The van der Waals surface area contributed by atoms with E-state index in [4.69, 9.17) is 28.3 Å². The number of hydrogen-bond donors (Lipinski definition) is 1. The first-order valence-electron chi connectivity index (χ1n) is 4.91. The number of carbonyl (C=O) groups is 1. The second-order valence-electron chi connectivity index (χ2n) is 3.64. The van der Waals surface area contributed by atoms with Gasteiger partial charge >= 0.3 is 12.1 Å². The summed E-state index contributed by atoms with van der Waals surface area (Å²) in [5.41, 5.74) is -2.21. The fourth-order valence-electron chi connectivity index (χ4n) is 1.52. The van der Waals surface area contributed by atoms with E-state index in [1.165, 1.54) is 6.07 Å². The van der Waals surface area contributed by atoms with Crippen LogP contribution in [0.15, 0.2) is 18.5 Å². The van der Waals surface area contributed by atoms with Crippen molar-refractivity contribution in [3.63, 3.8) is 0 Å². The Bertz CT molecular complexity index is 685. The summed E-state index contributed by atoms with van der Waals surface area (Å²) in [6, 6.07) is 1.17. The maximum absolute atomic E-state index is 12.8. The van der Waals surface area contributed by atoms with Gasteiger partial charge in [0.2, 0.25) is 0 Å². The van der Waals surface area contributed by atoms with Crippen LogP contribution in [0.5, 0.6) is 0 Å². The van der Waals surface area contributed by atoms with E-state index in [-0.39, 0.29) is 16.0 Å². The number of aromatic carboxylic acids is 1. The molecule has 1 N–H and O–H groups in total. The molecule has 0 aliphatic carbocycles. The molecular formula is C10H4Cl2F3N3O2. The molecule has 0 amide bonds. The van der Waals surface area contributed by atoms with Crippen molar-refractivity contribution in [3.8, 4) is 5.69 Å². The number of alkyl halides is 3. The van der Waals surface area contributed by atoms with Gasteiger partial charge in [0.25, 0.3) is 0 Å². The van der Waals surface area contributed by atoms with Crippen molar-refractivity contribution in [2.24, 2.45) is 0 Å². The highest BCUT2D eigenvalue weighted by Crippen LogP contribution is 2.34. The molecule has 2 aromatic rings. The van der Waals surface area contributed by atoms with Crippen LogP contribution in [0, 0.1) is 0 Å². The van der Waals surface area contributed by atoms with E-state index in [0.29, 0.717) is 6.20 Å². The Morgan fingerprint density at radius 1 is 1.25 bits per heavy atom. The Labute approximate surface area is 119 Å². The van der Waals surface area contributed by atoms with Crippen LogP contribution in [0.25, 0.3) is 5.69 Å². The van der Waals surface area contributed by atoms with E-state index < -0.39 is 23.3 Å². The summed E-state index contributed by atoms with van der Waals surface area (Å²) < 4.78 is 39.1. The first kappa shape index (κ1) is 14.6. The predicted molar refractivity (Wildman–Crippen MR) is 63.3 cm³/mol. The highest BCUT2D eigenvalue weighted by Gasteiger charge is 2.37. The summed E-state index contributed by atoms with van der Waals surface area (Å²) in [6.07, 6.45) is -3.43. The molecule has 0 fully saturated rings. The minimum atomic E-state index is -4.81. The third kappa shape index (κ3) is 2.70. The SMILES string of the molecule is O=C(O)c1cn(-c2cc(Cl)nnc2Cl)cc1C(F)(F)F. The van der Waals surface area contributed by atoms with Crippen molar-refractivity contribution in [3.05, 3.63) is 39.9 Å². The van der Waals surface area contributed by atoms with E-state index in [9.17, 15) is 18.0 Å². The molecule has 0 atom stereocenters. The molecule has 5 nitrogen and oxygen atoms in total. The van der Waals surface area contributed by atoms with Crippen LogP contribution in [0.4, 0.5) is 13.2 Å². The molecule has 0 bridgehead atoms. The van der Waals surface area contributed by atoms with Gasteiger partial charge in [-0.3, -0.25) is 0 Å². The van der Waals surface area contributed by atoms with Crippen LogP contribution in [0.2, 0.25) is 10.3 Å². The quantitative estimate of drug-likeness (QED) is 0.919. The highest BCUT2D eigenvalue weighted by atomic mass is 35.5. The number of carboxylic acid groups (broad SMARTS) is 1. The Kier molecular flexibility index (Phi) is 3.61. The van der Waals surface area contributed by atoms with Gasteiger partial charge in [0.1, 0.15) is 0 Å². The summed E-state index contributed by atoms with van der Waals surface area (Å²) in [5, 5.41) is 15.4. The first-order chi connectivity index (χ1) is 9.20. The number of halogens is 5. The molecule has 0 radical (unpaired) electrons. The third-order valence-corrected chi connectivity index (χ3v) is 2.79. The zero-order valence-corrected chi connectivity index (χ0v) is 10.8. The number of carboxylic acids is 1. The Balaban J connectivity index is 2.65. The Morgan fingerprint density at radius 2 is 1.90 bits per heavy atom. The minimum Gasteiger partial charge on any atom is -0.478 e. The molecule has 106 valence electrons. The van der Waals surface area contributed by atoms with E-state index in [1.807, 2.05) is 0 Å². The van der Waals surface area contributed by atoms with Crippen molar-refractivity contribution in [2.45, 2.75) is 6.18 Å². The van der Waals surface area contributed by atoms with Gasteiger partial charge in [0, 0.05) is 18.5 Å². The zero-order valence-electron chi connectivity index (χ0n) is 9.32. The average molecular weight is 326 g/mol. The molecule has 0 saturated carbocycles. The molecular weight excluding hydrogens is 322 g/mol. The molecule has 0 aromatic carbocycles. The predicted octanol–water partition coefficient (Wildman–Crippen LogP) is 3.29. The number of hydrogen-bond acceptors (Lipinski definition) is 3. The van der Waals surface area contributed by atoms with Gasteiger partial charge in [0.05, 0.1) is 16.8 Å². The normalized spacial score (nSPS) is 11.7. The van der Waals surface area contributed by atoms with E-state index in [0.717, 1.165) is 10.8 Å². The fourth-order valence-corrected chi connectivity index (χ4v) is 1.85. The maximum Gasteiger partial charge on any atom is 0.418 e. The molecule has 2 aromatic heterocycles. The van der Waals surface area contributed by atoms with Gasteiger partial charge in [-0.25, -0.2) is 4.79 Å². The zero-order chi connectivity index (χ0) is 15.1. The van der Waals surface area contributed by atoms with Crippen molar-refractivity contribution in [2.75, 3.05) is 0 Å². The lowest BCUT2D eigenvalue weighted by Crippen LogP contribution is -2.09. The van der Waals surface area contributed by atoms with Crippen molar-refractivity contribution >= 4 is 29.2 Å². The summed E-state index contributed by atoms with van der Waals surface area (Å²) >= 11 is 11.3. The largest absolute Gasteiger partial charge is 0.478 e. The molecule has 0 aliphatic heterocycles. The third-order valence-electron chi connectivity index (χ3n) is 2.34. The second-order valence-corrected chi connectivity index (χ2v) is 4.38. The fraction of sp³-hybridized carbons (Fsp3) is 0.100. The first-order valence-corrected chi connectivity index (χ1v) is 5.67. The van der Waals surface area contributed by atoms with Crippen LogP contribution >= 0.6 is 23.2 Å². The molecule has 0 spiro atoms. The van der Waals surface area contributed by atoms with Gasteiger partial charge in [-0.2, -0.15) is 13.2 Å². The number of nitrogens with zero attached hydrogens (tertiary/aromatic N) is 3. The van der Waals surface area contributed by atoms with Crippen molar-refractivity contribution in [1.29, 1.82) is 0 Å². The summed E-state index contributed by atoms with van der Waals surface area (Å²) in [5.74, 6) is -1.71. The molecule has 2 rings (SSSR count). The molecule has 0 unspecified atom stereocenters. The number of rotatable bonds is 2. The van der Waals surface area contributed by atoms with Gasteiger partial charge < -0.3 is 9.67 Å². The van der Waals surface area contributed by atoms with Crippen LogP contribution in [0.3, 0.4) is 0 Å². The van der Waals surface area contributed by atoms with Gasteiger partial charge in [-0.1, -0.05) is 23.2 Å². The van der Waals surface area contributed by atoms with Crippen molar-refractivity contribution < 1.29 is 23.1 Å². The summed E-state index contributed by atoms with van der Waals surface area (Å²) in [4.78, 5) is 10.9. The van der Waals surface area contributed by atoms with E-state index in [1.54, 1.807) is 0 Å². The van der Waals surface area contributed by atoms with Gasteiger partial charge in [-0.05, 0) is 0 Å². The summed E-state index contributed by atoms with van der Waals surface area (Å²) in [7, 11) is 0. The Hall–Kier alpha value is -1.80. The topological polar surface area (TPSA) is 68.0 Å². The summed E-state index contributed by atoms with van der Waals surface area (Å²) in [6.45, 7) is 0. The van der Waals surface area contributed by atoms with Gasteiger partial charge in [-0.15, -0.1) is 10.2 Å². The molecule has 2 heterocycles. The monoisotopic (exact) mass is 325 g/mol. The van der Waals surface area contributed by atoms with Crippen LogP contribution in [-0.2, 0) is 6.18 Å². The standard InChI is InChI=1S/C10H4Cl2F3N3O2/c11-7-1-6(8(12)17-16-7)18-2-4(9(19)20)5(3-18)10(13,14)15/h1-3H,(H,19,20). The average Bonchev–Trinajstić information content (AvgIpc) is 2.77. The van der Waals surface area contributed by atoms with Gasteiger partial charge in [0.15, 0.2) is 10.3 Å². The Morgan fingerprint density at radius 3 is 2.40 bits per heavy atom. The lowest BCUT2D eigenvalue weighted by molar-refractivity contribution is -0.138.